The molecule has 0 saturated heterocycles. The highest BCUT2D eigenvalue weighted by molar-refractivity contribution is 7.88. The summed E-state index contributed by atoms with van der Waals surface area (Å²) in [6, 6.07) is 11.6. The molecule has 7 nitrogen and oxygen atoms in total. The van der Waals surface area contributed by atoms with E-state index in [1.54, 1.807) is 36.4 Å². The molecule has 0 radical (unpaired) electrons. The average molecular weight is 347 g/mol. The van der Waals surface area contributed by atoms with Crippen LogP contribution in [-0.4, -0.2) is 21.1 Å². The summed E-state index contributed by atoms with van der Waals surface area (Å²) in [7, 11) is -3.69. The summed E-state index contributed by atoms with van der Waals surface area (Å²) in [6.45, 7) is 0.590. The Morgan fingerprint density at radius 1 is 1.08 bits per heavy atom. The zero-order chi connectivity index (χ0) is 17.2. The lowest BCUT2D eigenvalue weighted by Gasteiger charge is -2.13. The van der Waals surface area contributed by atoms with Crippen molar-refractivity contribution in [3.8, 4) is 5.75 Å². The summed E-state index contributed by atoms with van der Waals surface area (Å²) in [4.78, 5) is 12.3. The van der Waals surface area contributed by atoms with Crippen LogP contribution in [0.3, 0.4) is 0 Å². The zero-order valence-electron chi connectivity index (χ0n) is 12.8. The van der Waals surface area contributed by atoms with Crippen molar-refractivity contribution in [3.63, 3.8) is 0 Å². The van der Waals surface area contributed by atoms with Gasteiger partial charge in [0.2, 0.25) is 10.0 Å². The van der Waals surface area contributed by atoms with Gasteiger partial charge in [-0.15, -0.1) is 0 Å². The molecule has 2 aromatic rings. The summed E-state index contributed by atoms with van der Waals surface area (Å²) < 4.78 is 28.0. The van der Waals surface area contributed by atoms with Crippen molar-refractivity contribution in [2.75, 3.05) is 17.2 Å². The summed E-state index contributed by atoms with van der Waals surface area (Å²) >= 11 is 0. The lowest BCUT2D eigenvalue weighted by Crippen LogP contribution is -2.22. The van der Waals surface area contributed by atoms with E-state index in [9.17, 15) is 13.2 Å². The number of amides is 2. The molecular weight excluding hydrogens is 330 g/mol. The largest absolute Gasteiger partial charge is 0.493 e. The maximum absolute atomic E-state index is 12.3. The third-order valence-corrected chi connectivity index (χ3v) is 4.33. The van der Waals surface area contributed by atoms with E-state index in [0.29, 0.717) is 23.5 Å². The number of nitrogens with two attached hydrogens (primary N) is 1. The maximum Gasteiger partial charge on any atom is 0.323 e. The van der Waals surface area contributed by atoms with Gasteiger partial charge in [0.1, 0.15) is 5.75 Å². The molecule has 4 N–H and O–H groups in total. The van der Waals surface area contributed by atoms with Crippen LogP contribution in [0.1, 0.15) is 11.1 Å². The predicted molar refractivity (Wildman–Crippen MR) is 91.5 cm³/mol. The standard InChI is InChI=1S/C16H17N3O4S/c17-24(21,22)10-11-4-1-2-5-13(11)18-16(20)19-14-6-3-7-15-12(14)8-9-23-15/h1-7H,8-10H2,(H2,17,21,22)(H2,18,19,20). The van der Waals surface area contributed by atoms with E-state index < -0.39 is 16.1 Å². The third kappa shape index (κ3) is 3.84. The van der Waals surface area contributed by atoms with Gasteiger partial charge in [0.25, 0.3) is 0 Å². The third-order valence-electron chi connectivity index (χ3n) is 3.61. The van der Waals surface area contributed by atoms with Crippen LogP contribution < -0.4 is 20.5 Å². The number of sulfonamides is 1. The Morgan fingerprint density at radius 3 is 2.58 bits per heavy atom. The molecule has 1 heterocycles. The Hall–Kier alpha value is -2.58. The van der Waals surface area contributed by atoms with Crippen LogP contribution >= 0.6 is 0 Å². The Balaban J connectivity index is 1.76. The fraction of sp³-hybridized carbons (Fsp3) is 0.188. The second-order valence-corrected chi connectivity index (χ2v) is 7.04. The van der Waals surface area contributed by atoms with Crippen LogP contribution in [0.5, 0.6) is 5.75 Å². The van der Waals surface area contributed by atoms with E-state index in [1.165, 1.54) is 0 Å². The molecule has 1 aliphatic heterocycles. The Labute approximate surface area is 139 Å². The maximum atomic E-state index is 12.3. The number of anilines is 2. The molecule has 0 fully saturated rings. The number of carbonyl (C=O) groups is 1. The summed E-state index contributed by atoms with van der Waals surface area (Å²) in [5.74, 6) is 0.417. The first-order valence-corrected chi connectivity index (χ1v) is 9.05. The van der Waals surface area contributed by atoms with Gasteiger partial charge in [-0.2, -0.15) is 0 Å². The quantitative estimate of drug-likeness (QED) is 0.786. The van der Waals surface area contributed by atoms with Crippen molar-refractivity contribution in [2.45, 2.75) is 12.2 Å². The van der Waals surface area contributed by atoms with Gasteiger partial charge < -0.3 is 15.4 Å². The number of urea groups is 1. The van der Waals surface area contributed by atoms with E-state index in [-0.39, 0.29) is 5.75 Å². The van der Waals surface area contributed by atoms with Crippen LogP contribution in [0, 0.1) is 0 Å². The number of benzene rings is 2. The molecular formula is C16H17N3O4S. The van der Waals surface area contributed by atoms with Gasteiger partial charge in [-0.25, -0.2) is 18.4 Å². The fourth-order valence-corrected chi connectivity index (χ4v) is 3.28. The van der Waals surface area contributed by atoms with E-state index in [4.69, 9.17) is 9.88 Å². The predicted octanol–water partition coefficient (Wildman–Crippen LogP) is 2.05. The van der Waals surface area contributed by atoms with Crippen LogP contribution in [-0.2, 0) is 22.2 Å². The molecule has 0 bridgehead atoms. The summed E-state index contributed by atoms with van der Waals surface area (Å²) in [5, 5.41) is 10.5. The number of hydrogen-bond donors (Lipinski definition) is 3. The number of hydrogen-bond acceptors (Lipinski definition) is 4. The van der Waals surface area contributed by atoms with Crippen LogP contribution in [0.15, 0.2) is 42.5 Å². The van der Waals surface area contributed by atoms with Gasteiger partial charge in [-0.3, -0.25) is 0 Å². The molecule has 1 aliphatic rings. The van der Waals surface area contributed by atoms with Gasteiger partial charge >= 0.3 is 6.03 Å². The minimum atomic E-state index is -3.69. The van der Waals surface area contributed by atoms with Crippen LogP contribution in [0.4, 0.5) is 16.2 Å². The van der Waals surface area contributed by atoms with Crippen LogP contribution in [0.25, 0.3) is 0 Å². The molecule has 0 aromatic heterocycles. The summed E-state index contributed by atoms with van der Waals surface area (Å²) in [5.41, 5.74) is 2.45. The minimum Gasteiger partial charge on any atom is -0.493 e. The number of carbonyl (C=O) groups excluding carboxylic acids is 1. The number of fused-ring (bicyclic) bond motifs is 1. The first-order valence-electron chi connectivity index (χ1n) is 7.33. The molecule has 2 amide bonds. The van der Waals surface area contributed by atoms with Gasteiger partial charge in [0, 0.05) is 23.4 Å². The highest BCUT2D eigenvalue weighted by atomic mass is 32.2. The molecule has 0 saturated carbocycles. The SMILES string of the molecule is NS(=O)(=O)Cc1ccccc1NC(=O)Nc1cccc2c1CCO2. The highest BCUT2D eigenvalue weighted by Gasteiger charge is 2.17. The van der Waals surface area contributed by atoms with Crippen molar-refractivity contribution in [1.29, 1.82) is 0 Å². The smallest absolute Gasteiger partial charge is 0.323 e. The Morgan fingerprint density at radius 2 is 1.79 bits per heavy atom. The number of para-hydroxylation sites is 1. The van der Waals surface area contributed by atoms with Crippen molar-refractivity contribution >= 4 is 27.4 Å². The first-order chi connectivity index (χ1) is 11.4. The van der Waals surface area contributed by atoms with Gasteiger partial charge in [-0.1, -0.05) is 24.3 Å². The highest BCUT2D eigenvalue weighted by Crippen LogP contribution is 2.31. The van der Waals surface area contributed by atoms with Gasteiger partial charge in [0.05, 0.1) is 12.4 Å². The lowest BCUT2D eigenvalue weighted by atomic mass is 10.1. The molecule has 8 heteroatoms. The molecule has 126 valence electrons. The minimum absolute atomic E-state index is 0.349. The first kappa shape index (κ1) is 16.3. The molecule has 3 rings (SSSR count). The van der Waals surface area contributed by atoms with Crippen LogP contribution in [0.2, 0.25) is 0 Å². The average Bonchev–Trinajstić information content (AvgIpc) is 2.97. The monoisotopic (exact) mass is 347 g/mol. The molecule has 2 aromatic carbocycles. The van der Waals surface area contributed by atoms with Gasteiger partial charge in [-0.05, 0) is 23.8 Å². The summed E-state index contributed by atoms with van der Waals surface area (Å²) in [6.07, 6.45) is 0.730. The van der Waals surface area contributed by atoms with Gasteiger partial charge in [0.15, 0.2) is 0 Å². The number of rotatable bonds is 4. The Kier molecular flexibility index (Phi) is 4.41. The van der Waals surface area contributed by atoms with E-state index in [1.807, 2.05) is 6.07 Å². The lowest BCUT2D eigenvalue weighted by molar-refractivity contribution is 0.262. The van der Waals surface area contributed by atoms with Crippen molar-refractivity contribution in [3.05, 3.63) is 53.6 Å². The molecule has 24 heavy (non-hydrogen) atoms. The van der Waals surface area contributed by atoms with Crippen molar-refractivity contribution < 1.29 is 17.9 Å². The van der Waals surface area contributed by atoms with E-state index in [2.05, 4.69) is 10.6 Å². The second-order valence-electron chi connectivity index (χ2n) is 5.42. The molecule has 0 unspecified atom stereocenters. The molecule has 0 atom stereocenters. The van der Waals surface area contributed by atoms with Crippen molar-refractivity contribution in [2.24, 2.45) is 5.14 Å². The number of primary sulfonamides is 1. The molecule has 0 aliphatic carbocycles. The normalized spacial score (nSPS) is 13.0. The van der Waals surface area contributed by atoms with E-state index in [0.717, 1.165) is 17.7 Å². The number of nitrogens with one attached hydrogen (secondary N) is 2. The topological polar surface area (TPSA) is 111 Å². The second kappa shape index (κ2) is 6.50. The molecule has 0 spiro atoms. The Bertz CT molecular complexity index is 881. The van der Waals surface area contributed by atoms with E-state index >= 15 is 0 Å². The zero-order valence-corrected chi connectivity index (χ0v) is 13.6. The fourth-order valence-electron chi connectivity index (χ4n) is 2.60. The number of ether oxygens (including phenoxy) is 1. The van der Waals surface area contributed by atoms with Crippen molar-refractivity contribution in [1.82, 2.24) is 0 Å².